The summed E-state index contributed by atoms with van der Waals surface area (Å²) in [5, 5.41) is 9.42. The number of benzene rings is 2. The summed E-state index contributed by atoms with van der Waals surface area (Å²) in [4.78, 5) is 45.0. The van der Waals surface area contributed by atoms with Crippen LogP contribution in [0.5, 0.6) is 0 Å². The molecule has 32 heavy (non-hydrogen) atoms. The molecule has 4 N–H and O–H groups in total. The number of aryl methyl sites for hydroxylation is 1. The van der Waals surface area contributed by atoms with Crippen molar-refractivity contribution in [2.24, 2.45) is 0 Å². The number of nitrogens with zero attached hydrogens (tertiary/aromatic N) is 1. The second kappa shape index (κ2) is 8.82. The molecular formula is C21H16Cl3N5O3. The average Bonchev–Trinajstić information content (AvgIpc) is 2.69. The summed E-state index contributed by atoms with van der Waals surface area (Å²) in [6.07, 6.45) is -0.195. The third kappa shape index (κ3) is 4.72. The molecule has 0 saturated carbocycles. The number of carbonyl (C=O) groups excluding carboxylic acids is 2. The van der Waals surface area contributed by atoms with E-state index in [0.29, 0.717) is 26.4 Å². The predicted molar refractivity (Wildman–Crippen MR) is 125 cm³/mol. The van der Waals surface area contributed by atoms with Crippen molar-refractivity contribution in [1.29, 1.82) is 0 Å². The number of carbonyl (C=O) groups is 2. The van der Waals surface area contributed by atoms with Crippen LogP contribution in [0, 0.1) is 6.92 Å². The van der Waals surface area contributed by atoms with Crippen LogP contribution in [0.3, 0.4) is 0 Å². The topological polar surface area (TPSA) is 116 Å². The number of H-pyrrole nitrogens is 1. The van der Waals surface area contributed by atoms with E-state index in [-0.39, 0.29) is 23.8 Å². The minimum Gasteiger partial charge on any atom is -0.326 e. The van der Waals surface area contributed by atoms with Crippen LogP contribution < -0.4 is 21.5 Å². The van der Waals surface area contributed by atoms with E-state index in [4.69, 9.17) is 34.8 Å². The smallest absolute Gasteiger partial charge is 0.258 e. The predicted octanol–water partition coefficient (Wildman–Crippen LogP) is 4.85. The largest absolute Gasteiger partial charge is 0.326 e. The van der Waals surface area contributed by atoms with Gasteiger partial charge in [-0.2, -0.15) is 4.98 Å². The lowest BCUT2D eigenvalue weighted by Crippen LogP contribution is -2.36. The van der Waals surface area contributed by atoms with Gasteiger partial charge >= 0.3 is 0 Å². The normalized spacial score (nSPS) is 15.0. The van der Waals surface area contributed by atoms with Crippen molar-refractivity contribution >= 4 is 69.8 Å². The first-order valence-electron chi connectivity index (χ1n) is 9.44. The van der Waals surface area contributed by atoms with Crippen molar-refractivity contribution in [1.82, 2.24) is 9.97 Å². The molecule has 0 radical (unpaired) electrons. The number of aromatic amines is 1. The van der Waals surface area contributed by atoms with E-state index < -0.39 is 23.3 Å². The maximum Gasteiger partial charge on any atom is 0.258 e. The lowest BCUT2D eigenvalue weighted by Gasteiger charge is -2.24. The van der Waals surface area contributed by atoms with E-state index in [2.05, 4.69) is 25.9 Å². The standard InChI is InChI=1S/C21H16Cl3N5O3/c1-9-2-3-10(22)7-15(9)26-19(31)14-8-16(30)27-18-17(14)20(32)29-21(28-18)25-13-5-11(23)4-12(24)6-13/h2-7,14H,8H2,1H3,(H,26,31)(H3,25,27,28,29,30,32)/t14-/m0/s1. The van der Waals surface area contributed by atoms with Crippen molar-refractivity contribution in [3.8, 4) is 0 Å². The number of halogens is 3. The van der Waals surface area contributed by atoms with Crippen molar-refractivity contribution in [3.63, 3.8) is 0 Å². The van der Waals surface area contributed by atoms with Crippen LogP contribution in [0.2, 0.25) is 15.1 Å². The fourth-order valence-corrected chi connectivity index (χ4v) is 4.06. The molecule has 0 fully saturated rings. The molecular weight excluding hydrogens is 477 g/mol. The molecule has 1 aliphatic heterocycles. The molecule has 2 amide bonds. The monoisotopic (exact) mass is 491 g/mol. The zero-order chi connectivity index (χ0) is 23.0. The molecule has 0 bridgehead atoms. The SMILES string of the molecule is Cc1ccc(Cl)cc1NC(=O)[C@H]1CC(=O)Nc2nc(Nc3cc(Cl)cc(Cl)c3)[nH]c(=O)c21. The van der Waals surface area contributed by atoms with Crippen molar-refractivity contribution in [2.45, 2.75) is 19.3 Å². The molecule has 11 heteroatoms. The van der Waals surface area contributed by atoms with Gasteiger partial charge in [0.2, 0.25) is 17.8 Å². The van der Waals surface area contributed by atoms with Gasteiger partial charge in [0, 0.05) is 32.9 Å². The quantitative estimate of drug-likeness (QED) is 0.416. The number of fused-ring (bicyclic) bond motifs is 1. The van der Waals surface area contributed by atoms with Gasteiger partial charge in [-0.05, 0) is 42.8 Å². The highest BCUT2D eigenvalue weighted by Crippen LogP contribution is 2.31. The number of nitrogens with one attached hydrogen (secondary N) is 4. The minimum absolute atomic E-state index is 0.00333. The molecule has 1 aromatic heterocycles. The number of hydrogen-bond donors (Lipinski definition) is 4. The lowest BCUT2D eigenvalue weighted by atomic mass is 9.92. The molecule has 0 spiro atoms. The minimum atomic E-state index is -1.02. The van der Waals surface area contributed by atoms with Crippen LogP contribution in [0.15, 0.2) is 41.2 Å². The Morgan fingerprint density at radius 3 is 2.50 bits per heavy atom. The number of aromatic nitrogens is 2. The van der Waals surface area contributed by atoms with E-state index in [9.17, 15) is 14.4 Å². The van der Waals surface area contributed by atoms with Gasteiger partial charge in [0.05, 0.1) is 11.5 Å². The highest BCUT2D eigenvalue weighted by molar-refractivity contribution is 6.35. The van der Waals surface area contributed by atoms with Crippen molar-refractivity contribution < 1.29 is 9.59 Å². The van der Waals surface area contributed by atoms with E-state index in [1.54, 1.807) is 36.4 Å². The zero-order valence-electron chi connectivity index (χ0n) is 16.6. The first-order valence-corrected chi connectivity index (χ1v) is 10.6. The third-order valence-electron chi connectivity index (χ3n) is 4.85. The Kier molecular flexibility index (Phi) is 6.10. The molecule has 4 rings (SSSR count). The van der Waals surface area contributed by atoms with Crippen LogP contribution in [-0.2, 0) is 9.59 Å². The van der Waals surface area contributed by atoms with Gasteiger partial charge in [-0.3, -0.25) is 19.4 Å². The molecule has 2 aromatic carbocycles. The third-order valence-corrected chi connectivity index (χ3v) is 5.52. The van der Waals surface area contributed by atoms with Crippen LogP contribution in [-0.4, -0.2) is 21.8 Å². The Hall–Kier alpha value is -3.07. The first kappa shape index (κ1) is 22.1. The number of rotatable bonds is 4. The second-order valence-corrected chi connectivity index (χ2v) is 8.52. The van der Waals surface area contributed by atoms with E-state index >= 15 is 0 Å². The summed E-state index contributed by atoms with van der Waals surface area (Å²) < 4.78 is 0. The highest BCUT2D eigenvalue weighted by Gasteiger charge is 2.35. The Labute approximate surface area is 197 Å². The molecule has 1 aliphatic rings. The van der Waals surface area contributed by atoms with Crippen molar-refractivity contribution in [2.75, 3.05) is 16.0 Å². The second-order valence-electron chi connectivity index (χ2n) is 7.21. The van der Waals surface area contributed by atoms with Gasteiger partial charge in [0.1, 0.15) is 5.82 Å². The summed E-state index contributed by atoms with van der Waals surface area (Å²) in [5.74, 6) is -1.91. The van der Waals surface area contributed by atoms with Crippen LogP contribution in [0.4, 0.5) is 23.1 Å². The lowest BCUT2D eigenvalue weighted by molar-refractivity contribution is -0.123. The first-order chi connectivity index (χ1) is 15.2. The fraction of sp³-hybridized carbons (Fsp3) is 0.143. The van der Waals surface area contributed by atoms with Crippen LogP contribution in [0.25, 0.3) is 0 Å². The maximum atomic E-state index is 13.0. The summed E-state index contributed by atoms with van der Waals surface area (Å²) in [7, 11) is 0. The number of anilines is 4. The van der Waals surface area contributed by atoms with Crippen LogP contribution >= 0.6 is 34.8 Å². The summed E-state index contributed by atoms with van der Waals surface area (Å²) in [6, 6.07) is 9.80. The number of hydrogen-bond acceptors (Lipinski definition) is 5. The highest BCUT2D eigenvalue weighted by atomic mass is 35.5. The molecule has 0 unspecified atom stereocenters. The van der Waals surface area contributed by atoms with Crippen LogP contribution in [0.1, 0.15) is 23.5 Å². The van der Waals surface area contributed by atoms with E-state index in [1.165, 1.54) is 0 Å². The maximum absolute atomic E-state index is 13.0. The van der Waals surface area contributed by atoms with Gasteiger partial charge in [-0.15, -0.1) is 0 Å². The van der Waals surface area contributed by atoms with Gasteiger partial charge in [-0.1, -0.05) is 40.9 Å². The zero-order valence-corrected chi connectivity index (χ0v) is 18.8. The molecule has 8 nitrogen and oxygen atoms in total. The van der Waals surface area contributed by atoms with Crippen molar-refractivity contribution in [3.05, 3.63) is 72.9 Å². The van der Waals surface area contributed by atoms with Gasteiger partial charge in [0.25, 0.3) is 5.56 Å². The Bertz CT molecular complexity index is 1290. The number of amides is 2. The molecule has 2 heterocycles. The van der Waals surface area contributed by atoms with E-state index in [0.717, 1.165) is 5.56 Å². The Balaban J connectivity index is 1.66. The summed E-state index contributed by atoms with van der Waals surface area (Å²) in [6.45, 7) is 1.81. The molecule has 0 saturated heterocycles. The average molecular weight is 493 g/mol. The fourth-order valence-electron chi connectivity index (χ4n) is 3.37. The van der Waals surface area contributed by atoms with E-state index in [1.807, 2.05) is 6.92 Å². The molecule has 0 aliphatic carbocycles. The summed E-state index contributed by atoms with van der Waals surface area (Å²) in [5.41, 5.74) is 1.27. The molecule has 164 valence electrons. The summed E-state index contributed by atoms with van der Waals surface area (Å²) >= 11 is 18.0. The Morgan fingerprint density at radius 1 is 1.06 bits per heavy atom. The molecule has 1 atom stereocenters. The van der Waals surface area contributed by atoms with Gasteiger partial charge in [0.15, 0.2) is 0 Å². The molecule has 3 aromatic rings. The Morgan fingerprint density at radius 2 is 1.78 bits per heavy atom. The van der Waals surface area contributed by atoms with Gasteiger partial charge in [-0.25, -0.2) is 0 Å². The van der Waals surface area contributed by atoms with Gasteiger partial charge < -0.3 is 16.0 Å².